The van der Waals surface area contributed by atoms with Gasteiger partial charge in [0.25, 0.3) is 0 Å². The zero-order valence-corrected chi connectivity index (χ0v) is 22.0. The number of rotatable bonds is 4. The van der Waals surface area contributed by atoms with Crippen LogP contribution in [0.2, 0.25) is 0 Å². The first-order valence-corrected chi connectivity index (χ1v) is 13.0. The van der Waals surface area contributed by atoms with Gasteiger partial charge in [-0.3, -0.25) is 0 Å². The van der Waals surface area contributed by atoms with Gasteiger partial charge in [0.05, 0.1) is 23.2 Å². The van der Waals surface area contributed by atoms with E-state index in [4.69, 9.17) is 0 Å². The number of benzene rings is 2. The molecular formula is C28H32F7N3O. The molecular weight excluding hydrogens is 527 g/mol. The number of carbonyl (C=O) groups excluding carboxylic acids is 1. The molecule has 0 bridgehead atoms. The number of carbonyl (C=O) groups is 1. The molecule has 2 aromatic rings. The van der Waals surface area contributed by atoms with Gasteiger partial charge in [-0.1, -0.05) is 6.07 Å². The summed E-state index contributed by atoms with van der Waals surface area (Å²) in [6, 6.07) is 3.97. The standard InChI is InChI=1S/C28H32F7N3O/c1-17-12-22(29)6-7-24(17)25-16-23(37-9-4-5-10-37)8-11-38(25)26(39)36(3)18(2)19-13-20(27(30,31)32)15-21(14-19)28(33,34)35/h6-7,12-15,18,23,25H,4-5,8-11,16H2,1-3H3/t18-,23+,25-/m1/s1. The molecule has 2 aliphatic heterocycles. The fourth-order valence-electron chi connectivity index (χ4n) is 5.73. The first-order chi connectivity index (χ1) is 18.2. The zero-order chi connectivity index (χ0) is 28.7. The molecule has 2 fully saturated rings. The molecule has 214 valence electrons. The first kappa shape index (κ1) is 29.2. The van der Waals surface area contributed by atoms with Gasteiger partial charge in [0.1, 0.15) is 5.82 Å². The van der Waals surface area contributed by atoms with E-state index in [9.17, 15) is 35.5 Å². The molecule has 0 unspecified atom stereocenters. The van der Waals surface area contributed by atoms with E-state index in [1.165, 1.54) is 31.0 Å². The van der Waals surface area contributed by atoms with Gasteiger partial charge in [-0.15, -0.1) is 0 Å². The van der Waals surface area contributed by atoms with Crippen molar-refractivity contribution in [1.82, 2.24) is 14.7 Å². The minimum Gasteiger partial charge on any atom is -0.321 e. The Labute approximate surface area is 223 Å². The summed E-state index contributed by atoms with van der Waals surface area (Å²) in [7, 11) is 1.38. The minimum atomic E-state index is -4.99. The molecule has 11 heteroatoms. The Kier molecular flexibility index (Phi) is 8.21. The smallest absolute Gasteiger partial charge is 0.321 e. The Bertz CT molecular complexity index is 1160. The van der Waals surface area contributed by atoms with Gasteiger partial charge in [0.15, 0.2) is 0 Å². The largest absolute Gasteiger partial charge is 0.416 e. The number of hydrogen-bond donors (Lipinski definition) is 0. The van der Waals surface area contributed by atoms with Crippen LogP contribution in [0, 0.1) is 12.7 Å². The summed E-state index contributed by atoms with van der Waals surface area (Å²) < 4.78 is 94.5. The highest BCUT2D eigenvalue weighted by Gasteiger charge is 2.40. The van der Waals surface area contributed by atoms with Crippen LogP contribution in [0.3, 0.4) is 0 Å². The van der Waals surface area contributed by atoms with Crippen LogP contribution in [0.25, 0.3) is 0 Å². The highest BCUT2D eigenvalue weighted by Crippen LogP contribution is 2.40. The van der Waals surface area contributed by atoms with E-state index < -0.39 is 47.4 Å². The molecule has 0 radical (unpaired) electrons. The second-order valence-electron chi connectivity index (χ2n) is 10.5. The van der Waals surface area contributed by atoms with Crippen LogP contribution in [0.1, 0.15) is 72.5 Å². The van der Waals surface area contributed by atoms with E-state index >= 15 is 0 Å². The fraction of sp³-hybridized carbons (Fsp3) is 0.536. The SMILES string of the molecule is Cc1cc(F)ccc1[C@H]1C[C@@H](N2CCCC2)CCN1C(=O)N(C)[C@H](C)c1cc(C(F)(F)F)cc(C(F)(F)F)c1. The van der Waals surface area contributed by atoms with E-state index in [1.807, 2.05) is 0 Å². The molecule has 4 nitrogen and oxygen atoms in total. The maximum Gasteiger partial charge on any atom is 0.416 e. The number of amides is 2. The molecule has 0 N–H and O–H groups in total. The van der Waals surface area contributed by atoms with E-state index in [0.717, 1.165) is 31.5 Å². The number of piperidine rings is 1. The van der Waals surface area contributed by atoms with Crippen molar-refractivity contribution in [3.05, 3.63) is 70.0 Å². The van der Waals surface area contributed by atoms with Crippen LogP contribution in [-0.4, -0.2) is 53.5 Å². The quantitative estimate of drug-likeness (QED) is 0.361. The van der Waals surface area contributed by atoms with Crippen LogP contribution in [0.5, 0.6) is 0 Å². The maximum atomic E-state index is 13.9. The van der Waals surface area contributed by atoms with Crippen molar-refractivity contribution < 1.29 is 35.5 Å². The molecule has 2 aromatic carbocycles. The Morgan fingerprint density at radius 1 is 0.949 bits per heavy atom. The average molecular weight is 560 g/mol. The van der Waals surface area contributed by atoms with Crippen LogP contribution in [0.4, 0.5) is 35.5 Å². The minimum absolute atomic E-state index is 0.0779. The molecule has 0 saturated carbocycles. The Morgan fingerprint density at radius 3 is 2.08 bits per heavy atom. The van der Waals surface area contributed by atoms with E-state index in [0.29, 0.717) is 37.1 Å². The van der Waals surface area contributed by atoms with Crippen LogP contribution in [0.15, 0.2) is 36.4 Å². The van der Waals surface area contributed by atoms with Gasteiger partial charge in [0, 0.05) is 19.6 Å². The Balaban J connectivity index is 1.65. The van der Waals surface area contributed by atoms with Crippen molar-refractivity contribution in [2.45, 2.75) is 70.0 Å². The summed E-state index contributed by atoms with van der Waals surface area (Å²) in [5.74, 6) is -0.406. The van der Waals surface area contributed by atoms with E-state index in [-0.39, 0.29) is 17.7 Å². The molecule has 39 heavy (non-hydrogen) atoms. The number of alkyl halides is 6. The molecule has 3 atom stereocenters. The van der Waals surface area contributed by atoms with Crippen molar-refractivity contribution in [3.63, 3.8) is 0 Å². The lowest BCUT2D eigenvalue weighted by molar-refractivity contribution is -0.143. The highest BCUT2D eigenvalue weighted by molar-refractivity contribution is 5.75. The molecule has 2 heterocycles. The maximum absolute atomic E-state index is 13.9. The van der Waals surface area contributed by atoms with Crippen LogP contribution >= 0.6 is 0 Å². The van der Waals surface area contributed by atoms with Crippen molar-refractivity contribution in [1.29, 1.82) is 0 Å². The molecule has 0 aliphatic carbocycles. The average Bonchev–Trinajstić information content (AvgIpc) is 3.41. The second-order valence-corrected chi connectivity index (χ2v) is 10.5. The monoisotopic (exact) mass is 559 g/mol. The molecule has 2 saturated heterocycles. The molecule has 4 rings (SSSR count). The van der Waals surface area contributed by atoms with Gasteiger partial charge in [-0.25, -0.2) is 9.18 Å². The summed E-state index contributed by atoms with van der Waals surface area (Å²) in [6.45, 7) is 5.44. The predicted molar refractivity (Wildman–Crippen MR) is 132 cm³/mol. The summed E-state index contributed by atoms with van der Waals surface area (Å²) >= 11 is 0. The number of nitrogens with zero attached hydrogens (tertiary/aromatic N) is 3. The number of halogens is 7. The van der Waals surface area contributed by atoms with Crippen molar-refractivity contribution in [2.24, 2.45) is 0 Å². The predicted octanol–water partition coefficient (Wildman–Crippen LogP) is 7.59. The fourth-order valence-corrected chi connectivity index (χ4v) is 5.73. The second kappa shape index (κ2) is 11.0. The lowest BCUT2D eigenvalue weighted by Gasteiger charge is -2.45. The van der Waals surface area contributed by atoms with Crippen molar-refractivity contribution in [2.75, 3.05) is 26.7 Å². The number of likely N-dealkylation sites (tertiary alicyclic amines) is 2. The lowest BCUT2D eigenvalue weighted by atomic mass is 9.88. The zero-order valence-electron chi connectivity index (χ0n) is 22.0. The van der Waals surface area contributed by atoms with Gasteiger partial charge < -0.3 is 14.7 Å². The normalized spacial score (nSPS) is 21.7. The molecule has 0 aromatic heterocycles. The Morgan fingerprint density at radius 2 is 1.54 bits per heavy atom. The number of urea groups is 1. The van der Waals surface area contributed by atoms with Crippen LogP contribution < -0.4 is 0 Å². The van der Waals surface area contributed by atoms with Gasteiger partial charge in [-0.2, -0.15) is 26.3 Å². The van der Waals surface area contributed by atoms with Crippen molar-refractivity contribution in [3.8, 4) is 0 Å². The van der Waals surface area contributed by atoms with E-state index in [1.54, 1.807) is 17.9 Å². The number of aryl methyl sites for hydroxylation is 1. The Hall–Kier alpha value is -2.82. The van der Waals surface area contributed by atoms with Crippen molar-refractivity contribution >= 4 is 6.03 Å². The summed E-state index contributed by atoms with van der Waals surface area (Å²) in [5, 5.41) is 0. The molecule has 0 spiro atoms. The lowest BCUT2D eigenvalue weighted by Crippen LogP contribution is -2.51. The van der Waals surface area contributed by atoms with Gasteiger partial charge >= 0.3 is 18.4 Å². The summed E-state index contributed by atoms with van der Waals surface area (Å²) in [4.78, 5) is 19.0. The summed E-state index contributed by atoms with van der Waals surface area (Å²) in [6.07, 6.45) is -6.50. The third-order valence-corrected chi connectivity index (χ3v) is 8.04. The number of hydrogen-bond acceptors (Lipinski definition) is 2. The van der Waals surface area contributed by atoms with Gasteiger partial charge in [0.2, 0.25) is 0 Å². The van der Waals surface area contributed by atoms with Gasteiger partial charge in [-0.05, 0) is 99.6 Å². The first-order valence-electron chi connectivity index (χ1n) is 13.0. The molecule has 2 aliphatic rings. The third kappa shape index (κ3) is 6.34. The highest BCUT2D eigenvalue weighted by atomic mass is 19.4. The van der Waals surface area contributed by atoms with Crippen LogP contribution in [-0.2, 0) is 12.4 Å². The molecule has 2 amide bonds. The van der Waals surface area contributed by atoms with E-state index in [2.05, 4.69) is 4.90 Å². The summed E-state index contributed by atoms with van der Waals surface area (Å²) in [5.41, 5.74) is -1.68. The third-order valence-electron chi connectivity index (χ3n) is 8.04. The topological polar surface area (TPSA) is 26.8 Å².